The third-order valence-electron chi connectivity index (χ3n) is 4.83. The zero-order valence-electron chi connectivity index (χ0n) is 15.1. The second-order valence-electron chi connectivity index (χ2n) is 6.60. The van der Waals surface area contributed by atoms with Gasteiger partial charge < -0.3 is 9.57 Å². The number of oxime groups is 1. The number of benzene rings is 3. The van der Waals surface area contributed by atoms with Gasteiger partial charge in [0.15, 0.2) is 0 Å². The number of fused-ring (bicyclic) bond motifs is 1. The van der Waals surface area contributed by atoms with Crippen LogP contribution in [0.1, 0.15) is 22.6 Å². The van der Waals surface area contributed by atoms with E-state index in [9.17, 15) is 4.39 Å². The fourth-order valence-electron chi connectivity index (χ4n) is 3.54. The normalized spacial score (nSPS) is 17.0. The summed E-state index contributed by atoms with van der Waals surface area (Å²) < 4.78 is 18.8. The van der Waals surface area contributed by atoms with Crippen LogP contribution in [0.3, 0.4) is 0 Å². The molecule has 3 aromatic carbocycles. The van der Waals surface area contributed by atoms with Gasteiger partial charge in [-0.1, -0.05) is 41.6 Å². The monoisotopic (exact) mass is 361 g/mol. The van der Waals surface area contributed by atoms with E-state index in [0.717, 1.165) is 24.3 Å². The molecule has 0 spiro atoms. The Morgan fingerprint density at radius 3 is 2.30 bits per heavy atom. The quantitative estimate of drug-likeness (QED) is 0.562. The highest BCUT2D eigenvalue weighted by Gasteiger charge is 2.29. The summed E-state index contributed by atoms with van der Waals surface area (Å²) in [7, 11) is 1.59. The summed E-state index contributed by atoms with van der Waals surface area (Å²) in [6.07, 6.45) is 1.69. The maximum atomic E-state index is 13.0. The van der Waals surface area contributed by atoms with E-state index in [0.29, 0.717) is 5.75 Å². The Bertz CT molecular complexity index is 949. The molecule has 27 heavy (non-hydrogen) atoms. The molecule has 3 nitrogen and oxygen atoms in total. The summed E-state index contributed by atoms with van der Waals surface area (Å²) in [4.78, 5) is 5.06. The summed E-state index contributed by atoms with van der Waals surface area (Å²) in [5, 5.41) is 4.26. The van der Waals surface area contributed by atoms with Gasteiger partial charge in [-0.25, -0.2) is 4.39 Å². The van der Waals surface area contributed by atoms with Crippen molar-refractivity contribution in [3.63, 3.8) is 0 Å². The smallest absolute Gasteiger partial charge is 0.127 e. The fourth-order valence-corrected chi connectivity index (χ4v) is 3.54. The van der Waals surface area contributed by atoms with E-state index in [4.69, 9.17) is 9.57 Å². The lowest BCUT2D eigenvalue weighted by atomic mass is 9.92. The Balaban J connectivity index is 1.50. The lowest BCUT2D eigenvalue weighted by Crippen LogP contribution is -2.10. The average molecular weight is 361 g/mol. The molecule has 1 unspecified atom stereocenters. The van der Waals surface area contributed by atoms with Crippen LogP contribution < -0.4 is 4.74 Å². The Labute approximate surface area is 158 Å². The largest absolute Gasteiger partial charge is 0.457 e. The minimum absolute atomic E-state index is 0.227. The van der Waals surface area contributed by atoms with E-state index >= 15 is 0 Å². The molecule has 0 aromatic heterocycles. The average Bonchev–Trinajstić information content (AvgIpc) is 3.03. The highest BCUT2D eigenvalue weighted by atomic mass is 19.1. The maximum absolute atomic E-state index is 13.0. The van der Waals surface area contributed by atoms with E-state index in [1.165, 1.54) is 28.8 Å². The van der Waals surface area contributed by atoms with Crippen LogP contribution in [0.5, 0.6) is 11.5 Å². The molecule has 136 valence electrons. The van der Waals surface area contributed by atoms with Gasteiger partial charge in [0.05, 0.1) is 5.71 Å². The number of nitrogens with zero attached hydrogens (tertiary/aromatic N) is 1. The summed E-state index contributed by atoms with van der Waals surface area (Å²) >= 11 is 0. The molecule has 4 heteroatoms. The van der Waals surface area contributed by atoms with E-state index in [-0.39, 0.29) is 11.7 Å². The highest BCUT2D eigenvalue weighted by molar-refractivity contribution is 5.96. The zero-order chi connectivity index (χ0) is 18.6. The van der Waals surface area contributed by atoms with Crippen molar-refractivity contribution in [1.29, 1.82) is 0 Å². The van der Waals surface area contributed by atoms with Crippen molar-refractivity contribution in [3.05, 3.63) is 95.3 Å². The second kappa shape index (κ2) is 7.62. The molecule has 1 aliphatic rings. The lowest BCUT2D eigenvalue weighted by Gasteiger charge is -2.13. The van der Waals surface area contributed by atoms with Gasteiger partial charge in [0.1, 0.15) is 24.4 Å². The first-order valence-corrected chi connectivity index (χ1v) is 8.93. The van der Waals surface area contributed by atoms with Crippen LogP contribution in [0.2, 0.25) is 0 Å². The Morgan fingerprint density at radius 1 is 0.926 bits per heavy atom. The Hall–Kier alpha value is -3.14. The maximum Gasteiger partial charge on any atom is 0.127 e. The molecule has 0 heterocycles. The van der Waals surface area contributed by atoms with Gasteiger partial charge in [-0.3, -0.25) is 0 Å². The van der Waals surface area contributed by atoms with Gasteiger partial charge in [-0.2, -0.15) is 0 Å². The molecule has 1 atom stereocenters. The number of hydrogen-bond donors (Lipinski definition) is 0. The van der Waals surface area contributed by atoms with Crippen molar-refractivity contribution in [2.24, 2.45) is 5.16 Å². The molecule has 0 aliphatic heterocycles. The molecule has 0 bridgehead atoms. The Kier molecular flexibility index (Phi) is 4.88. The number of halogens is 1. The van der Waals surface area contributed by atoms with E-state index < -0.39 is 0 Å². The van der Waals surface area contributed by atoms with Crippen LogP contribution in [0.15, 0.2) is 78.0 Å². The minimum atomic E-state index is -0.275. The number of rotatable bonds is 5. The first kappa shape index (κ1) is 17.3. The van der Waals surface area contributed by atoms with Gasteiger partial charge in [-0.15, -0.1) is 0 Å². The molecular formula is C23H20FNO2. The van der Waals surface area contributed by atoms with Crippen molar-refractivity contribution in [1.82, 2.24) is 0 Å². The third-order valence-corrected chi connectivity index (χ3v) is 4.83. The van der Waals surface area contributed by atoms with Crippen molar-refractivity contribution in [2.75, 3.05) is 7.11 Å². The van der Waals surface area contributed by atoms with Gasteiger partial charge >= 0.3 is 0 Å². The molecule has 3 aromatic rings. The van der Waals surface area contributed by atoms with Gasteiger partial charge in [-0.05, 0) is 59.5 Å². The molecular weight excluding hydrogens is 341 g/mol. The second-order valence-corrected chi connectivity index (χ2v) is 6.60. The van der Waals surface area contributed by atoms with Gasteiger partial charge in [0.25, 0.3) is 0 Å². The first-order valence-electron chi connectivity index (χ1n) is 8.93. The molecule has 0 fully saturated rings. The van der Waals surface area contributed by atoms with Crippen molar-refractivity contribution in [2.45, 2.75) is 18.8 Å². The summed E-state index contributed by atoms with van der Waals surface area (Å²) in [6.45, 7) is 0. The zero-order valence-corrected chi connectivity index (χ0v) is 15.1. The minimum Gasteiger partial charge on any atom is -0.457 e. The molecule has 1 aliphatic carbocycles. The van der Waals surface area contributed by atoms with E-state index in [1.54, 1.807) is 19.2 Å². The highest BCUT2D eigenvalue weighted by Crippen LogP contribution is 2.34. The van der Waals surface area contributed by atoms with Gasteiger partial charge in [0, 0.05) is 12.3 Å². The standard InChI is InChI=1S/C23H20FNO2/c1-26-25-23-15-17-4-2-3-5-21(17)22(23)14-16-6-10-19(11-7-16)27-20-12-8-18(24)9-13-20/h2-13,22H,14-15H2,1H3. The van der Waals surface area contributed by atoms with Crippen molar-refractivity contribution in [3.8, 4) is 11.5 Å². The molecule has 0 saturated heterocycles. The molecule has 0 radical (unpaired) electrons. The van der Waals surface area contributed by atoms with Crippen molar-refractivity contribution < 1.29 is 14.0 Å². The van der Waals surface area contributed by atoms with Gasteiger partial charge in [0.2, 0.25) is 0 Å². The molecule has 0 N–H and O–H groups in total. The molecule has 0 saturated carbocycles. The Morgan fingerprint density at radius 2 is 1.59 bits per heavy atom. The molecule has 0 amide bonds. The predicted octanol–water partition coefficient (Wildman–Crippen LogP) is 5.50. The molecule has 4 rings (SSSR count). The van der Waals surface area contributed by atoms with Crippen LogP contribution in [0, 0.1) is 5.82 Å². The predicted molar refractivity (Wildman–Crippen MR) is 104 cm³/mol. The fraction of sp³-hybridized carbons (Fsp3) is 0.174. The lowest BCUT2D eigenvalue weighted by molar-refractivity contribution is 0.211. The van der Waals surface area contributed by atoms with Crippen LogP contribution in [-0.2, 0) is 17.7 Å². The topological polar surface area (TPSA) is 30.8 Å². The SMILES string of the molecule is CON=C1Cc2ccccc2C1Cc1ccc(Oc2ccc(F)cc2)cc1. The number of ether oxygens (including phenoxy) is 1. The summed E-state index contributed by atoms with van der Waals surface area (Å²) in [6, 6.07) is 22.5. The van der Waals surface area contributed by atoms with E-state index in [1.807, 2.05) is 12.1 Å². The first-order chi connectivity index (χ1) is 13.2. The van der Waals surface area contributed by atoms with Crippen LogP contribution >= 0.6 is 0 Å². The summed E-state index contributed by atoms with van der Waals surface area (Å²) in [5.74, 6) is 1.29. The van der Waals surface area contributed by atoms with E-state index in [2.05, 4.69) is 41.6 Å². The third kappa shape index (κ3) is 3.85. The van der Waals surface area contributed by atoms with Crippen molar-refractivity contribution >= 4 is 5.71 Å². The summed E-state index contributed by atoms with van der Waals surface area (Å²) in [5.41, 5.74) is 4.90. The van der Waals surface area contributed by atoms with Crippen LogP contribution in [-0.4, -0.2) is 12.8 Å². The van der Waals surface area contributed by atoms with Crippen LogP contribution in [0.4, 0.5) is 4.39 Å². The number of hydrogen-bond acceptors (Lipinski definition) is 3. The van der Waals surface area contributed by atoms with Crippen LogP contribution in [0.25, 0.3) is 0 Å².